The zero-order valence-corrected chi connectivity index (χ0v) is 16.1. The van der Waals surface area contributed by atoms with Crippen molar-refractivity contribution in [2.75, 3.05) is 0 Å². The molecule has 0 atom stereocenters. The molecule has 152 valence electrons. The molecule has 0 saturated carbocycles. The van der Waals surface area contributed by atoms with Gasteiger partial charge in [0.25, 0.3) is 15.7 Å². The number of benzene rings is 2. The van der Waals surface area contributed by atoms with E-state index >= 15 is 0 Å². The van der Waals surface area contributed by atoms with Gasteiger partial charge in [-0.05, 0) is 37.3 Å². The minimum absolute atomic E-state index is 0.0687. The summed E-state index contributed by atoms with van der Waals surface area (Å²) in [6.07, 6.45) is 0. The molecule has 0 bridgehead atoms. The van der Waals surface area contributed by atoms with E-state index in [2.05, 4.69) is 20.2 Å². The lowest BCUT2D eigenvalue weighted by molar-refractivity contribution is 0.0697. The van der Waals surface area contributed by atoms with Crippen molar-refractivity contribution in [3.8, 4) is 0 Å². The predicted molar refractivity (Wildman–Crippen MR) is 105 cm³/mol. The summed E-state index contributed by atoms with van der Waals surface area (Å²) in [6.45, 7) is 1.59. The Kier molecular flexibility index (Phi) is 4.44. The van der Waals surface area contributed by atoms with Crippen LogP contribution < -0.4 is 5.56 Å². The van der Waals surface area contributed by atoms with E-state index in [1.165, 1.54) is 4.40 Å². The third kappa shape index (κ3) is 3.23. The molecule has 0 fully saturated rings. The monoisotopic (exact) mass is 427 g/mol. The molecule has 0 aliphatic heterocycles. The smallest absolute Gasteiger partial charge is 0.338 e. The lowest BCUT2D eigenvalue weighted by Gasteiger charge is -2.04. The van der Waals surface area contributed by atoms with Gasteiger partial charge in [0.2, 0.25) is 5.78 Å². The Hall–Kier alpha value is -3.90. The van der Waals surface area contributed by atoms with Crippen LogP contribution in [0.25, 0.3) is 16.8 Å². The third-order valence-corrected chi connectivity index (χ3v) is 5.22. The van der Waals surface area contributed by atoms with Crippen LogP contribution in [0.5, 0.6) is 0 Å². The van der Waals surface area contributed by atoms with Crippen LogP contribution >= 0.6 is 0 Å². The number of hydrogen-bond acceptors (Lipinski definition) is 7. The van der Waals surface area contributed by atoms with Crippen LogP contribution in [0.15, 0.2) is 62.4 Å². The van der Waals surface area contributed by atoms with Gasteiger partial charge in [-0.2, -0.15) is 8.42 Å². The maximum absolute atomic E-state index is 13.0. The summed E-state index contributed by atoms with van der Waals surface area (Å²) in [4.78, 5) is 31.2. The van der Waals surface area contributed by atoms with E-state index in [0.717, 1.165) is 18.2 Å². The molecule has 11 nitrogen and oxygen atoms in total. The highest BCUT2D eigenvalue weighted by molar-refractivity contribution is 7.85. The fraction of sp³-hybridized carbons (Fsp3) is 0.0556. The zero-order valence-electron chi connectivity index (χ0n) is 15.3. The number of carboxylic acid groups (broad SMARTS) is 1. The fourth-order valence-corrected chi connectivity index (χ4v) is 3.47. The van der Waals surface area contributed by atoms with Crippen LogP contribution in [0.4, 0.5) is 11.4 Å². The molecular weight excluding hydrogens is 414 g/mol. The number of hydrogen-bond donors (Lipinski definition) is 3. The summed E-state index contributed by atoms with van der Waals surface area (Å²) in [7, 11) is -4.60. The van der Waals surface area contributed by atoms with E-state index in [-0.39, 0.29) is 11.4 Å². The minimum atomic E-state index is -4.60. The van der Waals surface area contributed by atoms with E-state index in [1.807, 2.05) is 0 Å². The molecule has 0 unspecified atom stereocenters. The van der Waals surface area contributed by atoms with E-state index in [9.17, 15) is 23.1 Å². The van der Waals surface area contributed by atoms with Gasteiger partial charge in [-0.15, -0.1) is 10.2 Å². The average Bonchev–Trinajstić information content (AvgIpc) is 3.05. The number of fused-ring (bicyclic) bond motifs is 3. The number of rotatable bonds is 4. The number of aromatic nitrogens is 3. The van der Waals surface area contributed by atoms with Crippen molar-refractivity contribution in [3.63, 3.8) is 0 Å². The number of nitrogens with zero attached hydrogens (tertiary/aromatic N) is 4. The van der Waals surface area contributed by atoms with Crippen molar-refractivity contribution >= 4 is 44.3 Å². The molecule has 2 aromatic carbocycles. The Morgan fingerprint density at radius 3 is 2.60 bits per heavy atom. The molecular formula is C18H13N5O6S. The van der Waals surface area contributed by atoms with Crippen molar-refractivity contribution < 1.29 is 22.9 Å². The lowest BCUT2D eigenvalue weighted by atomic mass is 10.2. The molecule has 4 aromatic rings. The van der Waals surface area contributed by atoms with E-state index in [0.29, 0.717) is 22.5 Å². The van der Waals surface area contributed by atoms with Crippen molar-refractivity contribution in [1.82, 2.24) is 14.4 Å². The summed E-state index contributed by atoms with van der Waals surface area (Å²) < 4.78 is 32.9. The second-order valence-electron chi connectivity index (χ2n) is 6.32. The summed E-state index contributed by atoms with van der Waals surface area (Å²) in [6, 6.07) is 9.84. The van der Waals surface area contributed by atoms with Gasteiger partial charge in [0, 0.05) is 5.69 Å². The summed E-state index contributed by atoms with van der Waals surface area (Å²) in [5, 5.41) is 17.1. The van der Waals surface area contributed by atoms with E-state index in [4.69, 9.17) is 4.55 Å². The number of aryl methyl sites for hydroxylation is 1. The number of carboxylic acids is 1. The summed E-state index contributed by atoms with van der Waals surface area (Å²) in [5.41, 5.74) is 0.257. The number of azo groups is 1. The molecule has 0 amide bonds. The molecule has 0 saturated heterocycles. The number of aromatic carboxylic acids is 1. The molecule has 2 heterocycles. The second-order valence-corrected chi connectivity index (χ2v) is 7.74. The first kappa shape index (κ1) is 19.4. The highest BCUT2D eigenvalue weighted by Crippen LogP contribution is 2.26. The molecule has 0 aliphatic carbocycles. The Balaban J connectivity index is 1.88. The molecule has 12 heteroatoms. The maximum Gasteiger partial charge on any atom is 0.338 e. The number of nitrogens with one attached hydrogen (secondary N) is 1. The van der Waals surface area contributed by atoms with Crippen molar-refractivity contribution in [2.45, 2.75) is 11.8 Å². The largest absolute Gasteiger partial charge is 0.478 e. The van der Waals surface area contributed by atoms with Crippen LogP contribution in [-0.4, -0.2) is 38.4 Å². The van der Waals surface area contributed by atoms with Crippen LogP contribution in [0.1, 0.15) is 16.1 Å². The summed E-state index contributed by atoms with van der Waals surface area (Å²) >= 11 is 0. The van der Waals surface area contributed by atoms with Crippen LogP contribution in [-0.2, 0) is 10.1 Å². The molecule has 3 N–H and O–H groups in total. The quantitative estimate of drug-likeness (QED) is 0.332. The van der Waals surface area contributed by atoms with E-state index in [1.54, 1.807) is 31.2 Å². The molecule has 30 heavy (non-hydrogen) atoms. The van der Waals surface area contributed by atoms with Crippen molar-refractivity contribution in [3.05, 3.63) is 64.1 Å². The van der Waals surface area contributed by atoms with Crippen LogP contribution in [0.2, 0.25) is 0 Å². The van der Waals surface area contributed by atoms with Gasteiger partial charge in [-0.25, -0.2) is 14.2 Å². The lowest BCUT2D eigenvalue weighted by Crippen LogP contribution is -2.14. The highest BCUT2D eigenvalue weighted by atomic mass is 32.2. The van der Waals surface area contributed by atoms with Gasteiger partial charge >= 0.3 is 5.97 Å². The first-order chi connectivity index (χ1) is 14.2. The normalized spacial score (nSPS) is 12.2. The Labute approximate surface area is 168 Å². The van der Waals surface area contributed by atoms with Gasteiger partial charge in [-0.3, -0.25) is 9.35 Å². The van der Waals surface area contributed by atoms with E-state index < -0.39 is 32.1 Å². The zero-order chi connectivity index (χ0) is 21.6. The molecule has 4 rings (SSSR count). The highest BCUT2D eigenvalue weighted by Gasteiger charge is 2.18. The van der Waals surface area contributed by atoms with Gasteiger partial charge in [0.15, 0.2) is 5.69 Å². The Morgan fingerprint density at radius 2 is 1.90 bits per heavy atom. The topological polar surface area (TPSA) is 167 Å². The molecule has 0 aliphatic rings. The number of para-hydroxylation sites is 2. The molecule has 2 aromatic heterocycles. The first-order valence-corrected chi connectivity index (χ1v) is 9.87. The van der Waals surface area contributed by atoms with Crippen molar-refractivity contribution in [2.24, 2.45) is 10.2 Å². The minimum Gasteiger partial charge on any atom is -0.478 e. The Morgan fingerprint density at radius 1 is 1.17 bits per heavy atom. The SMILES string of the molecule is Cc1[nH]c2nc3ccccc3n2c(=O)c1N=Nc1ccc(S(=O)(=O)O)cc1C(=O)O. The molecule has 0 spiro atoms. The number of aromatic amines is 1. The van der Waals surface area contributed by atoms with Gasteiger partial charge < -0.3 is 10.1 Å². The fourth-order valence-electron chi connectivity index (χ4n) is 2.96. The van der Waals surface area contributed by atoms with Crippen LogP contribution in [0, 0.1) is 6.92 Å². The Bertz CT molecular complexity index is 1530. The van der Waals surface area contributed by atoms with Gasteiger partial charge in [0.05, 0.1) is 21.5 Å². The number of H-pyrrole nitrogens is 1. The van der Waals surface area contributed by atoms with Crippen LogP contribution in [0.3, 0.4) is 0 Å². The van der Waals surface area contributed by atoms with Gasteiger partial charge in [0.1, 0.15) is 5.69 Å². The number of imidazole rings is 1. The average molecular weight is 427 g/mol. The van der Waals surface area contributed by atoms with Gasteiger partial charge in [-0.1, -0.05) is 12.1 Å². The maximum atomic E-state index is 13.0. The number of carbonyl (C=O) groups is 1. The second kappa shape index (κ2) is 6.86. The molecule has 0 radical (unpaired) electrons. The predicted octanol–water partition coefficient (Wildman–Crippen LogP) is 2.84. The van der Waals surface area contributed by atoms with Crippen molar-refractivity contribution in [1.29, 1.82) is 0 Å². The third-order valence-electron chi connectivity index (χ3n) is 4.37. The standard InChI is InChI=1S/C18H13N5O6S/c1-9-15(16(24)23-14-5-3-2-4-13(14)20-18(23)19-9)22-21-12-7-6-10(30(27,28)29)8-11(12)17(25)26/h2-8H,1H3,(H,19,20)(H,25,26)(H,27,28,29). The first-order valence-electron chi connectivity index (χ1n) is 8.43. The summed E-state index contributed by atoms with van der Waals surface area (Å²) in [5.74, 6) is -1.16.